The molecule has 0 saturated carbocycles. The molecule has 108 valence electrons. The number of phenolic OH excluding ortho intramolecular Hbond substituents is 1. The minimum absolute atomic E-state index is 0.0718. The molecule has 0 unspecified atom stereocenters. The minimum Gasteiger partial charge on any atom is -0.508 e. The number of benzene rings is 1. The Hall–Kier alpha value is -1.57. The molecule has 1 aromatic carbocycles. The normalized spacial score (nSPS) is 12.0. The Labute approximate surface area is 122 Å². The monoisotopic (exact) mass is 315 g/mol. The molecule has 0 aliphatic rings. The van der Waals surface area contributed by atoms with E-state index >= 15 is 0 Å². The molecule has 2 aromatic rings. The number of aromatic nitrogens is 2. The van der Waals surface area contributed by atoms with Gasteiger partial charge in [0.1, 0.15) is 10.9 Å². The van der Waals surface area contributed by atoms with Gasteiger partial charge >= 0.3 is 0 Å². The first kappa shape index (κ1) is 14.8. The van der Waals surface area contributed by atoms with Crippen LogP contribution in [0.3, 0.4) is 0 Å². The average Bonchev–Trinajstić information content (AvgIpc) is 2.73. The predicted octanol–water partition coefficient (Wildman–Crippen LogP) is 1.60. The Bertz CT molecular complexity index is 710. The summed E-state index contributed by atoms with van der Waals surface area (Å²) in [6, 6.07) is 6.32. The van der Waals surface area contributed by atoms with Crippen LogP contribution in [-0.2, 0) is 23.6 Å². The fraction of sp³-hybridized carbons (Fsp3) is 0.250. The summed E-state index contributed by atoms with van der Waals surface area (Å²) in [6.45, 7) is 0.162. The summed E-state index contributed by atoms with van der Waals surface area (Å²) in [5, 5.41) is 9.11. The molecule has 0 saturated heterocycles. The van der Waals surface area contributed by atoms with E-state index in [1.165, 1.54) is 30.1 Å². The highest BCUT2D eigenvalue weighted by Crippen LogP contribution is 2.23. The Morgan fingerprint density at radius 1 is 1.35 bits per heavy atom. The van der Waals surface area contributed by atoms with Gasteiger partial charge in [0.25, 0.3) is 10.0 Å². The second kappa shape index (κ2) is 5.43. The zero-order valence-electron chi connectivity index (χ0n) is 11.0. The van der Waals surface area contributed by atoms with Gasteiger partial charge in [-0.25, -0.2) is 13.4 Å². The molecule has 0 spiro atoms. The molecule has 8 heteroatoms. The molecular weight excluding hydrogens is 302 g/mol. The average molecular weight is 316 g/mol. The zero-order valence-corrected chi connectivity index (χ0v) is 12.6. The molecule has 0 radical (unpaired) electrons. The lowest BCUT2D eigenvalue weighted by molar-refractivity contribution is 0.461. The Balaban J connectivity index is 2.26. The van der Waals surface area contributed by atoms with Gasteiger partial charge < -0.3 is 9.67 Å². The highest BCUT2D eigenvalue weighted by Gasteiger charge is 2.27. The van der Waals surface area contributed by atoms with Crippen molar-refractivity contribution in [1.29, 1.82) is 0 Å². The van der Waals surface area contributed by atoms with Gasteiger partial charge in [0, 0.05) is 20.6 Å². The second-order valence-electron chi connectivity index (χ2n) is 4.38. The maximum Gasteiger partial charge on any atom is 0.263 e. The maximum atomic E-state index is 12.4. The van der Waals surface area contributed by atoms with Crippen molar-refractivity contribution in [3.63, 3.8) is 0 Å². The Kier molecular flexibility index (Phi) is 4.03. The van der Waals surface area contributed by atoms with Crippen LogP contribution in [-0.4, -0.2) is 34.4 Å². The first-order valence-electron chi connectivity index (χ1n) is 5.73. The molecule has 0 aliphatic carbocycles. The highest BCUT2D eigenvalue weighted by atomic mass is 35.5. The fourth-order valence-electron chi connectivity index (χ4n) is 1.66. The van der Waals surface area contributed by atoms with Gasteiger partial charge in [-0.1, -0.05) is 23.7 Å². The summed E-state index contributed by atoms with van der Waals surface area (Å²) in [4.78, 5) is 3.83. The molecule has 0 atom stereocenters. The van der Waals surface area contributed by atoms with E-state index in [1.54, 1.807) is 19.2 Å². The number of aromatic hydroxyl groups is 1. The van der Waals surface area contributed by atoms with Gasteiger partial charge in [0.05, 0.1) is 6.33 Å². The van der Waals surface area contributed by atoms with Crippen molar-refractivity contribution in [3.05, 3.63) is 41.3 Å². The fourth-order valence-corrected chi connectivity index (χ4v) is 3.19. The number of hydrogen-bond donors (Lipinski definition) is 1. The summed E-state index contributed by atoms with van der Waals surface area (Å²) in [5.74, 6) is 0.132. The predicted molar refractivity (Wildman–Crippen MR) is 75.0 cm³/mol. The first-order valence-corrected chi connectivity index (χ1v) is 7.55. The number of nitrogens with zero attached hydrogens (tertiary/aromatic N) is 3. The third-order valence-electron chi connectivity index (χ3n) is 2.83. The van der Waals surface area contributed by atoms with Crippen molar-refractivity contribution < 1.29 is 13.5 Å². The third kappa shape index (κ3) is 2.79. The summed E-state index contributed by atoms with van der Waals surface area (Å²) in [5.41, 5.74) is 0.751. The van der Waals surface area contributed by atoms with Gasteiger partial charge in [-0.15, -0.1) is 0 Å². The maximum absolute atomic E-state index is 12.4. The summed E-state index contributed by atoms with van der Waals surface area (Å²) in [7, 11) is -0.679. The van der Waals surface area contributed by atoms with E-state index in [0.717, 1.165) is 9.87 Å². The van der Waals surface area contributed by atoms with Crippen LogP contribution in [0, 0.1) is 0 Å². The molecule has 20 heavy (non-hydrogen) atoms. The van der Waals surface area contributed by atoms with E-state index in [9.17, 15) is 13.5 Å². The summed E-state index contributed by atoms with van der Waals surface area (Å²) >= 11 is 5.92. The first-order chi connectivity index (χ1) is 9.32. The standard InChI is InChI=1S/C12H14ClN3O3S/c1-15-8-14-12(11(15)13)20(18,19)16(2)7-9-3-5-10(17)6-4-9/h3-6,8,17H,7H2,1-2H3. The molecule has 1 heterocycles. The van der Waals surface area contributed by atoms with Crippen molar-refractivity contribution >= 4 is 21.6 Å². The number of halogens is 1. The van der Waals surface area contributed by atoms with E-state index in [-0.39, 0.29) is 22.5 Å². The van der Waals surface area contributed by atoms with Gasteiger partial charge in [-0.3, -0.25) is 0 Å². The second-order valence-corrected chi connectivity index (χ2v) is 6.70. The quantitative estimate of drug-likeness (QED) is 0.930. The lowest BCUT2D eigenvalue weighted by atomic mass is 10.2. The lowest BCUT2D eigenvalue weighted by Crippen LogP contribution is -2.27. The van der Waals surface area contributed by atoms with E-state index < -0.39 is 10.0 Å². The van der Waals surface area contributed by atoms with Crippen LogP contribution < -0.4 is 0 Å². The molecule has 1 aromatic heterocycles. The van der Waals surface area contributed by atoms with Gasteiger partial charge in [-0.05, 0) is 17.7 Å². The molecule has 0 aliphatic heterocycles. The van der Waals surface area contributed by atoms with E-state index in [2.05, 4.69) is 4.98 Å². The highest BCUT2D eigenvalue weighted by molar-refractivity contribution is 7.89. The molecule has 0 fully saturated rings. The van der Waals surface area contributed by atoms with Crippen LogP contribution in [0.4, 0.5) is 0 Å². The molecule has 6 nitrogen and oxygen atoms in total. The number of phenols is 1. The van der Waals surface area contributed by atoms with Crippen molar-refractivity contribution in [2.45, 2.75) is 11.6 Å². The number of aryl methyl sites for hydroxylation is 1. The van der Waals surface area contributed by atoms with Crippen LogP contribution in [0.5, 0.6) is 5.75 Å². The molecule has 2 rings (SSSR count). The SMILES string of the molecule is CN(Cc1ccc(O)cc1)S(=O)(=O)c1ncn(C)c1Cl. The van der Waals surface area contributed by atoms with Gasteiger partial charge in [0.2, 0.25) is 5.03 Å². The number of sulfonamides is 1. The van der Waals surface area contributed by atoms with E-state index in [0.29, 0.717) is 0 Å². The van der Waals surface area contributed by atoms with Crippen molar-refractivity contribution in [2.75, 3.05) is 7.05 Å². The molecular formula is C12H14ClN3O3S. The smallest absolute Gasteiger partial charge is 0.263 e. The van der Waals surface area contributed by atoms with Crippen LogP contribution in [0.2, 0.25) is 5.15 Å². The van der Waals surface area contributed by atoms with E-state index in [4.69, 9.17) is 11.6 Å². The zero-order chi connectivity index (χ0) is 14.9. The van der Waals surface area contributed by atoms with Crippen molar-refractivity contribution in [1.82, 2.24) is 13.9 Å². The minimum atomic E-state index is -3.75. The third-order valence-corrected chi connectivity index (χ3v) is 5.13. The molecule has 0 amide bonds. The van der Waals surface area contributed by atoms with Crippen molar-refractivity contribution in [2.24, 2.45) is 7.05 Å². The lowest BCUT2D eigenvalue weighted by Gasteiger charge is -2.16. The number of hydrogen-bond acceptors (Lipinski definition) is 4. The van der Waals surface area contributed by atoms with Gasteiger partial charge in [-0.2, -0.15) is 4.31 Å². The van der Waals surface area contributed by atoms with Gasteiger partial charge in [0.15, 0.2) is 0 Å². The Morgan fingerprint density at radius 2 is 1.95 bits per heavy atom. The van der Waals surface area contributed by atoms with Crippen LogP contribution in [0.15, 0.2) is 35.6 Å². The van der Waals surface area contributed by atoms with Crippen molar-refractivity contribution in [3.8, 4) is 5.75 Å². The molecule has 1 N–H and O–H groups in total. The topological polar surface area (TPSA) is 75.4 Å². The van der Waals surface area contributed by atoms with E-state index in [1.807, 2.05) is 0 Å². The summed E-state index contributed by atoms with van der Waals surface area (Å²) in [6.07, 6.45) is 1.35. The summed E-state index contributed by atoms with van der Waals surface area (Å²) < 4.78 is 27.3. The van der Waals surface area contributed by atoms with Crippen LogP contribution >= 0.6 is 11.6 Å². The number of rotatable bonds is 4. The Morgan fingerprint density at radius 3 is 2.45 bits per heavy atom. The molecule has 0 bridgehead atoms. The number of imidazole rings is 1. The largest absolute Gasteiger partial charge is 0.508 e. The van der Waals surface area contributed by atoms with Crippen LogP contribution in [0.1, 0.15) is 5.56 Å². The van der Waals surface area contributed by atoms with Crippen LogP contribution in [0.25, 0.3) is 0 Å².